The summed E-state index contributed by atoms with van der Waals surface area (Å²) in [6, 6.07) is 0. The largest absolute Gasteiger partial charge is 0.460 e. The molecular weight excluding hydrogens is 337 g/mol. The van der Waals surface area contributed by atoms with Gasteiger partial charge in [0.1, 0.15) is 0 Å². The monoisotopic (exact) mass is 360 g/mol. The summed E-state index contributed by atoms with van der Waals surface area (Å²) >= 11 is 1.26. The van der Waals surface area contributed by atoms with Crippen molar-refractivity contribution in [3.05, 3.63) is 22.2 Å². The standard InChI is InChI=1S/C17H23F3N2OS/c18-17(19,20)12-23-16-21-14-7-10-22(11-8-15(14)24-16)9-6-13-4-2-1-3-5-13/h6H,1-5,7-12H2. The van der Waals surface area contributed by atoms with Crippen molar-refractivity contribution in [2.75, 3.05) is 26.2 Å². The van der Waals surface area contributed by atoms with Crippen molar-refractivity contribution in [3.63, 3.8) is 0 Å². The van der Waals surface area contributed by atoms with Gasteiger partial charge in [-0.15, -0.1) is 0 Å². The van der Waals surface area contributed by atoms with Crippen molar-refractivity contribution in [2.45, 2.75) is 51.1 Å². The number of nitrogens with zero attached hydrogens (tertiary/aromatic N) is 2. The van der Waals surface area contributed by atoms with Gasteiger partial charge in [0, 0.05) is 30.9 Å². The van der Waals surface area contributed by atoms with Gasteiger partial charge in [-0.25, -0.2) is 4.98 Å². The van der Waals surface area contributed by atoms with Gasteiger partial charge in [0.2, 0.25) is 0 Å². The average molecular weight is 360 g/mol. The van der Waals surface area contributed by atoms with Crippen LogP contribution in [0.3, 0.4) is 0 Å². The van der Waals surface area contributed by atoms with Gasteiger partial charge in [-0.2, -0.15) is 13.2 Å². The highest BCUT2D eigenvalue weighted by atomic mass is 32.1. The zero-order valence-corrected chi connectivity index (χ0v) is 14.5. The van der Waals surface area contributed by atoms with E-state index in [1.165, 1.54) is 43.4 Å². The molecule has 0 amide bonds. The minimum Gasteiger partial charge on any atom is -0.460 e. The molecule has 1 aliphatic heterocycles. The van der Waals surface area contributed by atoms with Crippen molar-refractivity contribution in [1.82, 2.24) is 9.88 Å². The Morgan fingerprint density at radius 3 is 2.58 bits per heavy atom. The lowest BCUT2D eigenvalue weighted by molar-refractivity contribution is -0.153. The first-order valence-corrected chi connectivity index (χ1v) is 9.40. The van der Waals surface area contributed by atoms with Crippen LogP contribution in [0.15, 0.2) is 11.6 Å². The number of rotatable bonds is 4. The third kappa shape index (κ3) is 5.21. The van der Waals surface area contributed by atoms with E-state index in [0.29, 0.717) is 0 Å². The summed E-state index contributed by atoms with van der Waals surface area (Å²) in [5.74, 6) is 0. The maximum atomic E-state index is 12.2. The van der Waals surface area contributed by atoms with Crippen LogP contribution < -0.4 is 4.74 Å². The molecule has 7 heteroatoms. The summed E-state index contributed by atoms with van der Waals surface area (Å²) in [7, 11) is 0. The first-order chi connectivity index (χ1) is 11.5. The molecule has 3 nitrogen and oxygen atoms in total. The molecule has 0 spiro atoms. The number of alkyl halides is 3. The second kappa shape index (κ2) is 7.87. The summed E-state index contributed by atoms with van der Waals surface area (Å²) in [5, 5.41) is 0.148. The second-order valence-corrected chi connectivity index (χ2v) is 7.52. The third-order valence-corrected chi connectivity index (χ3v) is 5.64. The molecular formula is C17H23F3N2OS. The lowest BCUT2D eigenvalue weighted by Gasteiger charge is -2.20. The van der Waals surface area contributed by atoms with Gasteiger partial charge in [0.15, 0.2) is 6.61 Å². The topological polar surface area (TPSA) is 25.4 Å². The van der Waals surface area contributed by atoms with Crippen LogP contribution in [0.2, 0.25) is 0 Å². The Morgan fingerprint density at radius 2 is 1.83 bits per heavy atom. The van der Waals surface area contributed by atoms with Gasteiger partial charge >= 0.3 is 6.18 Å². The summed E-state index contributed by atoms with van der Waals surface area (Å²) in [4.78, 5) is 7.73. The summed E-state index contributed by atoms with van der Waals surface area (Å²) in [6.45, 7) is 1.54. The highest BCUT2D eigenvalue weighted by Gasteiger charge is 2.29. The molecule has 0 N–H and O–H groups in total. The molecule has 0 saturated heterocycles. The van der Waals surface area contributed by atoms with Gasteiger partial charge < -0.3 is 4.74 Å². The van der Waals surface area contributed by atoms with E-state index in [1.807, 2.05) is 0 Å². The number of hydrogen-bond donors (Lipinski definition) is 0. The van der Waals surface area contributed by atoms with Crippen LogP contribution in [0.4, 0.5) is 13.2 Å². The van der Waals surface area contributed by atoms with Gasteiger partial charge in [-0.05, 0) is 32.1 Å². The molecule has 1 fully saturated rings. The van der Waals surface area contributed by atoms with E-state index >= 15 is 0 Å². The highest BCUT2D eigenvalue weighted by Crippen LogP contribution is 2.29. The molecule has 134 valence electrons. The summed E-state index contributed by atoms with van der Waals surface area (Å²) in [5.41, 5.74) is 2.49. The molecule has 1 aliphatic carbocycles. The fourth-order valence-corrected chi connectivity index (χ4v) is 4.19. The normalized spacial score (nSPS) is 19.7. The first-order valence-electron chi connectivity index (χ1n) is 8.58. The van der Waals surface area contributed by atoms with Crippen molar-refractivity contribution in [2.24, 2.45) is 0 Å². The van der Waals surface area contributed by atoms with E-state index in [4.69, 9.17) is 4.74 Å². The van der Waals surface area contributed by atoms with Crippen LogP contribution in [0.1, 0.15) is 42.7 Å². The number of thiazole rings is 1. The number of aromatic nitrogens is 1. The quantitative estimate of drug-likeness (QED) is 0.746. The zero-order chi connectivity index (χ0) is 17.0. The Balaban J connectivity index is 1.51. The molecule has 2 aliphatic rings. The van der Waals surface area contributed by atoms with E-state index in [1.54, 1.807) is 5.57 Å². The van der Waals surface area contributed by atoms with Crippen LogP contribution in [0.25, 0.3) is 0 Å². The predicted molar refractivity (Wildman–Crippen MR) is 88.7 cm³/mol. The number of hydrogen-bond acceptors (Lipinski definition) is 4. The van der Waals surface area contributed by atoms with Gasteiger partial charge in [0.25, 0.3) is 5.19 Å². The Labute approximate surface area is 144 Å². The molecule has 24 heavy (non-hydrogen) atoms. The summed E-state index contributed by atoms with van der Waals surface area (Å²) in [6.07, 6.45) is 6.14. The van der Waals surface area contributed by atoms with Gasteiger partial charge in [-0.3, -0.25) is 4.90 Å². The van der Waals surface area contributed by atoms with Crippen LogP contribution in [-0.2, 0) is 12.8 Å². The van der Waals surface area contributed by atoms with Crippen LogP contribution in [0, 0.1) is 0 Å². The average Bonchev–Trinajstić information content (AvgIpc) is 2.85. The van der Waals surface area contributed by atoms with Crippen LogP contribution in [-0.4, -0.2) is 42.3 Å². The van der Waals surface area contributed by atoms with E-state index in [-0.39, 0.29) is 5.19 Å². The number of allylic oxidation sites excluding steroid dienone is 1. The predicted octanol–water partition coefficient (Wildman–Crippen LogP) is 4.38. The van der Waals surface area contributed by atoms with E-state index < -0.39 is 12.8 Å². The molecule has 0 atom stereocenters. The second-order valence-electron chi connectivity index (χ2n) is 6.48. The smallest absolute Gasteiger partial charge is 0.422 e. The number of halogens is 3. The van der Waals surface area contributed by atoms with Crippen LogP contribution in [0.5, 0.6) is 5.19 Å². The van der Waals surface area contributed by atoms with Crippen molar-refractivity contribution >= 4 is 11.3 Å². The Bertz CT molecular complexity index is 549. The molecule has 1 aromatic heterocycles. The minimum absolute atomic E-state index is 0.148. The molecule has 1 aromatic rings. The van der Waals surface area contributed by atoms with E-state index in [9.17, 15) is 13.2 Å². The Hall–Kier alpha value is -1.08. The molecule has 1 saturated carbocycles. The molecule has 3 rings (SSSR count). The Kier molecular flexibility index (Phi) is 5.81. The molecule has 0 aromatic carbocycles. The maximum Gasteiger partial charge on any atom is 0.422 e. The highest BCUT2D eigenvalue weighted by molar-refractivity contribution is 7.13. The fourth-order valence-electron chi connectivity index (χ4n) is 3.24. The summed E-state index contributed by atoms with van der Waals surface area (Å²) < 4.78 is 41.4. The fraction of sp³-hybridized carbons (Fsp3) is 0.706. The van der Waals surface area contributed by atoms with Crippen molar-refractivity contribution in [1.29, 1.82) is 0 Å². The maximum absolute atomic E-state index is 12.2. The minimum atomic E-state index is -4.31. The molecule has 0 unspecified atom stereocenters. The number of ether oxygens (including phenoxy) is 1. The molecule has 0 bridgehead atoms. The van der Waals surface area contributed by atoms with Crippen molar-refractivity contribution < 1.29 is 17.9 Å². The zero-order valence-electron chi connectivity index (χ0n) is 13.7. The van der Waals surface area contributed by atoms with Gasteiger partial charge in [-0.1, -0.05) is 29.4 Å². The lowest BCUT2D eigenvalue weighted by Crippen LogP contribution is -2.27. The number of fused-ring (bicyclic) bond motifs is 1. The van der Waals surface area contributed by atoms with E-state index in [0.717, 1.165) is 43.0 Å². The molecule has 0 radical (unpaired) electrons. The Morgan fingerprint density at radius 1 is 1.08 bits per heavy atom. The first kappa shape index (κ1) is 17.7. The SMILES string of the molecule is FC(F)(F)COc1nc2c(s1)CCN(CC=C1CCCCC1)CC2. The van der Waals surface area contributed by atoms with Crippen LogP contribution >= 0.6 is 11.3 Å². The lowest BCUT2D eigenvalue weighted by atomic mass is 9.95. The third-order valence-electron chi connectivity index (χ3n) is 4.57. The van der Waals surface area contributed by atoms with Gasteiger partial charge in [0.05, 0.1) is 5.69 Å². The van der Waals surface area contributed by atoms with E-state index in [2.05, 4.69) is 16.0 Å². The molecule has 2 heterocycles. The van der Waals surface area contributed by atoms with Crippen molar-refractivity contribution in [3.8, 4) is 5.19 Å².